The Morgan fingerprint density at radius 2 is 1.70 bits per heavy atom. The van der Waals surface area contributed by atoms with E-state index >= 15 is 0 Å². The monoisotopic (exact) mass is 311 g/mol. The molecule has 0 radical (unpaired) electrons. The summed E-state index contributed by atoms with van der Waals surface area (Å²) in [5, 5.41) is 0. The first kappa shape index (κ1) is 15.7. The average Bonchev–Trinajstić information content (AvgIpc) is 2.56. The van der Waals surface area contributed by atoms with Crippen LogP contribution in [0.25, 0.3) is 0 Å². The van der Waals surface area contributed by atoms with Crippen molar-refractivity contribution < 1.29 is 0 Å². The fourth-order valence-corrected chi connectivity index (χ4v) is 2.85. The van der Waals surface area contributed by atoms with Crippen molar-refractivity contribution in [2.45, 2.75) is 13.5 Å². The lowest BCUT2D eigenvalue weighted by atomic mass is 10.2. The molecule has 0 unspecified atom stereocenters. The number of anilines is 2. The zero-order chi connectivity index (χ0) is 16.2. The minimum Gasteiger partial charge on any atom is -0.363 e. The standard InChI is InChI=1S/C18H25N5/c1-15-13-17(21(2)3)20-18(19-15)23-11-9-22(10-12-23)14-16-7-5-4-6-8-16/h4-8,13H,9-12,14H2,1-3H3. The van der Waals surface area contributed by atoms with Gasteiger partial charge in [-0.1, -0.05) is 30.3 Å². The minimum absolute atomic E-state index is 0.855. The number of nitrogens with zero attached hydrogens (tertiary/aromatic N) is 5. The van der Waals surface area contributed by atoms with Crippen LogP contribution < -0.4 is 9.80 Å². The molecular formula is C18H25N5. The third kappa shape index (κ3) is 3.99. The lowest BCUT2D eigenvalue weighted by molar-refractivity contribution is 0.248. The second-order valence-corrected chi connectivity index (χ2v) is 6.31. The maximum Gasteiger partial charge on any atom is 0.227 e. The van der Waals surface area contributed by atoms with E-state index in [4.69, 9.17) is 0 Å². The fourth-order valence-electron chi connectivity index (χ4n) is 2.85. The molecule has 0 saturated carbocycles. The molecule has 2 aromatic rings. The van der Waals surface area contributed by atoms with Crippen molar-refractivity contribution in [2.75, 3.05) is 50.1 Å². The SMILES string of the molecule is Cc1cc(N(C)C)nc(N2CCN(Cc3ccccc3)CC2)n1. The van der Waals surface area contributed by atoms with Crippen LogP contribution in [0.15, 0.2) is 36.4 Å². The second-order valence-electron chi connectivity index (χ2n) is 6.31. The van der Waals surface area contributed by atoms with Gasteiger partial charge in [-0.3, -0.25) is 4.90 Å². The van der Waals surface area contributed by atoms with Crippen LogP contribution >= 0.6 is 0 Å². The number of hydrogen-bond acceptors (Lipinski definition) is 5. The van der Waals surface area contributed by atoms with Crippen LogP contribution in [0.5, 0.6) is 0 Å². The summed E-state index contributed by atoms with van der Waals surface area (Å²) >= 11 is 0. The molecule has 23 heavy (non-hydrogen) atoms. The van der Waals surface area contributed by atoms with Crippen molar-refractivity contribution in [3.63, 3.8) is 0 Å². The van der Waals surface area contributed by atoms with Gasteiger partial charge in [0, 0.05) is 58.6 Å². The summed E-state index contributed by atoms with van der Waals surface area (Å²) in [6, 6.07) is 12.7. The Morgan fingerprint density at radius 1 is 1.00 bits per heavy atom. The van der Waals surface area contributed by atoms with Crippen LogP contribution in [0.2, 0.25) is 0 Å². The molecule has 0 spiro atoms. The highest BCUT2D eigenvalue weighted by Gasteiger charge is 2.20. The number of rotatable bonds is 4. The van der Waals surface area contributed by atoms with E-state index in [1.165, 1.54) is 5.56 Å². The van der Waals surface area contributed by atoms with E-state index in [1.54, 1.807) is 0 Å². The van der Waals surface area contributed by atoms with E-state index in [2.05, 4.69) is 50.1 Å². The first-order valence-electron chi connectivity index (χ1n) is 8.16. The Hall–Kier alpha value is -2.14. The molecule has 0 aliphatic carbocycles. The Kier molecular flexibility index (Phi) is 4.76. The topological polar surface area (TPSA) is 35.5 Å². The van der Waals surface area contributed by atoms with Gasteiger partial charge in [0.15, 0.2) is 0 Å². The normalized spacial score (nSPS) is 15.7. The minimum atomic E-state index is 0.855. The van der Waals surface area contributed by atoms with Crippen LogP contribution in [0.4, 0.5) is 11.8 Å². The average molecular weight is 311 g/mol. The quantitative estimate of drug-likeness (QED) is 0.865. The van der Waals surface area contributed by atoms with Gasteiger partial charge in [-0.25, -0.2) is 4.98 Å². The molecule has 0 bridgehead atoms. The summed E-state index contributed by atoms with van der Waals surface area (Å²) in [4.78, 5) is 16.1. The van der Waals surface area contributed by atoms with E-state index < -0.39 is 0 Å². The van der Waals surface area contributed by atoms with Gasteiger partial charge in [0.2, 0.25) is 5.95 Å². The largest absolute Gasteiger partial charge is 0.363 e. The lowest BCUT2D eigenvalue weighted by Gasteiger charge is -2.35. The summed E-state index contributed by atoms with van der Waals surface area (Å²) in [5.74, 6) is 1.83. The number of aromatic nitrogens is 2. The summed E-state index contributed by atoms with van der Waals surface area (Å²) in [6.45, 7) is 7.09. The molecule has 5 heteroatoms. The maximum absolute atomic E-state index is 4.69. The van der Waals surface area contributed by atoms with Gasteiger partial charge in [0.25, 0.3) is 0 Å². The van der Waals surface area contributed by atoms with E-state index in [1.807, 2.05) is 32.0 Å². The second kappa shape index (κ2) is 6.96. The van der Waals surface area contributed by atoms with Crippen molar-refractivity contribution in [1.82, 2.24) is 14.9 Å². The number of aryl methyl sites for hydroxylation is 1. The summed E-state index contributed by atoms with van der Waals surface area (Å²) in [5.41, 5.74) is 2.40. The molecule has 1 aromatic carbocycles. The molecule has 1 aromatic heterocycles. The van der Waals surface area contributed by atoms with Gasteiger partial charge >= 0.3 is 0 Å². The molecule has 1 saturated heterocycles. The molecule has 5 nitrogen and oxygen atoms in total. The zero-order valence-corrected chi connectivity index (χ0v) is 14.2. The van der Waals surface area contributed by atoms with Crippen molar-refractivity contribution in [2.24, 2.45) is 0 Å². The molecule has 2 heterocycles. The van der Waals surface area contributed by atoms with Gasteiger partial charge in [-0.15, -0.1) is 0 Å². The number of piperazine rings is 1. The summed E-state index contributed by atoms with van der Waals surface area (Å²) in [6.07, 6.45) is 0. The summed E-state index contributed by atoms with van der Waals surface area (Å²) in [7, 11) is 4.03. The highest BCUT2D eigenvalue weighted by molar-refractivity contribution is 5.45. The Bertz CT molecular complexity index is 633. The first-order chi connectivity index (χ1) is 11.1. The highest BCUT2D eigenvalue weighted by Crippen LogP contribution is 2.18. The molecule has 0 amide bonds. The van der Waals surface area contributed by atoms with Gasteiger partial charge in [0.1, 0.15) is 5.82 Å². The van der Waals surface area contributed by atoms with Crippen LogP contribution in [-0.2, 0) is 6.54 Å². The van der Waals surface area contributed by atoms with Crippen molar-refractivity contribution in [3.05, 3.63) is 47.7 Å². The molecular weight excluding hydrogens is 286 g/mol. The number of benzene rings is 1. The van der Waals surface area contributed by atoms with E-state index in [9.17, 15) is 0 Å². The third-order valence-electron chi connectivity index (χ3n) is 4.19. The molecule has 3 rings (SSSR count). The summed E-state index contributed by atoms with van der Waals surface area (Å²) < 4.78 is 0. The lowest BCUT2D eigenvalue weighted by Crippen LogP contribution is -2.46. The highest BCUT2D eigenvalue weighted by atomic mass is 15.3. The predicted molar refractivity (Wildman–Crippen MR) is 95.0 cm³/mol. The van der Waals surface area contributed by atoms with Crippen LogP contribution in [0.1, 0.15) is 11.3 Å². The zero-order valence-electron chi connectivity index (χ0n) is 14.2. The van der Waals surface area contributed by atoms with Crippen LogP contribution in [-0.4, -0.2) is 55.1 Å². The van der Waals surface area contributed by atoms with E-state index in [0.717, 1.165) is 50.2 Å². The molecule has 1 aliphatic heterocycles. The van der Waals surface area contributed by atoms with Crippen LogP contribution in [0, 0.1) is 6.92 Å². The predicted octanol–water partition coefficient (Wildman–Crippen LogP) is 2.17. The van der Waals surface area contributed by atoms with Gasteiger partial charge < -0.3 is 9.80 Å². The van der Waals surface area contributed by atoms with Gasteiger partial charge in [0.05, 0.1) is 0 Å². The Labute approximate surface area is 138 Å². The number of hydrogen-bond donors (Lipinski definition) is 0. The maximum atomic E-state index is 4.69. The Balaban J connectivity index is 1.63. The molecule has 1 fully saturated rings. The van der Waals surface area contributed by atoms with E-state index in [0.29, 0.717) is 0 Å². The molecule has 122 valence electrons. The van der Waals surface area contributed by atoms with Crippen molar-refractivity contribution in [3.8, 4) is 0 Å². The smallest absolute Gasteiger partial charge is 0.227 e. The van der Waals surface area contributed by atoms with Crippen molar-refractivity contribution >= 4 is 11.8 Å². The van der Waals surface area contributed by atoms with E-state index in [-0.39, 0.29) is 0 Å². The molecule has 0 N–H and O–H groups in total. The third-order valence-corrected chi connectivity index (χ3v) is 4.19. The van der Waals surface area contributed by atoms with Gasteiger partial charge in [-0.2, -0.15) is 4.98 Å². The first-order valence-corrected chi connectivity index (χ1v) is 8.16. The van der Waals surface area contributed by atoms with Gasteiger partial charge in [-0.05, 0) is 12.5 Å². The fraction of sp³-hybridized carbons (Fsp3) is 0.444. The Morgan fingerprint density at radius 3 is 2.35 bits per heavy atom. The molecule has 1 aliphatic rings. The van der Waals surface area contributed by atoms with Crippen LogP contribution in [0.3, 0.4) is 0 Å². The van der Waals surface area contributed by atoms with Crippen molar-refractivity contribution in [1.29, 1.82) is 0 Å². The molecule has 0 atom stereocenters.